The molecule has 0 aliphatic carbocycles. The highest BCUT2D eigenvalue weighted by Crippen LogP contribution is 2.39. The van der Waals surface area contributed by atoms with Gasteiger partial charge in [-0.15, -0.1) is 0 Å². The molecule has 9 atom stereocenters. The summed E-state index contributed by atoms with van der Waals surface area (Å²) in [5.74, 6) is -3.20. The number of hydrogen-bond acceptors (Lipinski definition) is 15. The fourth-order valence-corrected chi connectivity index (χ4v) is 4.78. The van der Waals surface area contributed by atoms with E-state index in [0.29, 0.717) is 0 Å². The maximum absolute atomic E-state index is 13.6. The Bertz CT molecular complexity index is 1510. The van der Waals surface area contributed by atoms with Crippen LogP contribution in [-0.4, -0.2) is 108 Å². The van der Waals surface area contributed by atoms with Crippen molar-refractivity contribution in [1.29, 1.82) is 0 Å². The van der Waals surface area contributed by atoms with Crippen LogP contribution in [0.1, 0.15) is 13.3 Å². The molecule has 0 amide bonds. The molecule has 2 aliphatic heterocycles. The van der Waals surface area contributed by atoms with E-state index in [0.717, 1.165) is 24.3 Å². The zero-order chi connectivity index (χ0) is 30.5. The third-order valence-electron chi connectivity index (χ3n) is 7.17. The predicted molar refractivity (Wildman–Crippen MR) is 139 cm³/mol. The zero-order valence-electron chi connectivity index (χ0n) is 22.0. The maximum atomic E-state index is 13.6. The molecule has 0 unspecified atom stereocenters. The molecule has 0 radical (unpaired) electrons. The Morgan fingerprint density at radius 3 is 2.29 bits per heavy atom. The summed E-state index contributed by atoms with van der Waals surface area (Å²) >= 11 is 0. The molecule has 0 spiro atoms. The molecule has 5 rings (SSSR count). The van der Waals surface area contributed by atoms with Crippen molar-refractivity contribution in [2.24, 2.45) is 0 Å². The number of rotatable bonds is 6. The Labute approximate surface area is 236 Å². The van der Waals surface area contributed by atoms with Gasteiger partial charge in [0, 0.05) is 24.1 Å². The lowest BCUT2D eigenvalue weighted by molar-refractivity contribution is -0.305. The molecule has 9 N–H and O–H groups in total. The molecule has 0 saturated carbocycles. The number of aliphatic hydroxyl groups excluding tert-OH is 5. The van der Waals surface area contributed by atoms with Crippen LogP contribution in [0.4, 0.5) is 0 Å². The monoisotopic (exact) mass is 594 g/mol. The van der Waals surface area contributed by atoms with E-state index in [4.69, 9.17) is 23.4 Å². The van der Waals surface area contributed by atoms with Crippen molar-refractivity contribution >= 4 is 11.0 Å². The molecular weight excluding hydrogens is 564 g/mol. The SMILES string of the molecule is C[C@@H]1O[C@@H](OC[C@H]2O[C@@H](Oc3c(-c4ccc(O)c(O)c4)oc4cc(O)cc(O)c4c3=O)[C@H](O)[C@@H](O)[C@@H]2O)[C@H](O)C[C@H]1O. The van der Waals surface area contributed by atoms with Gasteiger partial charge in [-0.2, -0.15) is 0 Å². The van der Waals surface area contributed by atoms with Crippen LogP contribution < -0.4 is 10.2 Å². The van der Waals surface area contributed by atoms with E-state index >= 15 is 0 Å². The second kappa shape index (κ2) is 11.5. The van der Waals surface area contributed by atoms with Crippen LogP contribution in [0, 0.1) is 0 Å². The van der Waals surface area contributed by atoms with E-state index < -0.39 is 101 Å². The summed E-state index contributed by atoms with van der Waals surface area (Å²) in [6.07, 6.45) is -12.8. The van der Waals surface area contributed by atoms with E-state index in [2.05, 4.69) is 0 Å². The Kier molecular flexibility index (Phi) is 8.19. The lowest BCUT2D eigenvalue weighted by Crippen LogP contribution is -2.61. The van der Waals surface area contributed by atoms with Gasteiger partial charge in [-0.3, -0.25) is 4.79 Å². The van der Waals surface area contributed by atoms with Gasteiger partial charge in [-0.1, -0.05) is 0 Å². The van der Waals surface area contributed by atoms with Crippen LogP contribution >= 0.6 is 0 Å². The number of fused-ring (bicyclic) bond motifs is 1. The van der Waals surface area contributed by atoms with Gasteiger partial charge in [-0.05, 0) is 25.1 Å². The summed E-state index contributed by atoms with van der Waals surface area (Å²) in [4.78, 5) is 13.6. The number of hydrogen-bond donors (Lipinski definition) is 9. The van der Waals surface area contributed by atoms with E-state index in [1.165, 1.54) is 6.07 Å². The first-order valence-electron chi connectivity index (χ1n) is 12.9. The molecule has 2 fully saturated rings. The molecular formula is C27H30O15. The fourth-order valence-electron chi connectivity index (χ4n) is 4.78. The topological polar surface area (TPSA) is 249 Å². The third kappa shape index (κ3) is 5.56. The van der Waals surface area contributed by atoms with Crippen LogP contribution in [0.25, 0.3) is 22.3 Å². The number of aromatic hydroxyl groups is 4. The lowest BCUT2D eigenvalue weighted by Gasteiger charge is -2.41. The molecule has 42 heavy (non-hydrogen) atoms. The Morgan fingerprint density at radius 1 is 0.833 bits per heavy atom. The summed E-state index contributed by atoms with van der Waals surface area (Å²) in [6.45, 7) is 1.09. The Hall–Kier alpha value is -3.67. The van der Waals surface area contributed by atoms with Crippen molar-refractivity contribution in [2.45, 2.75) is 68.7 Å². The van der Waals surface area contributed by atoms with Gasteiger partial charge in [0.2, 0.25) is 17.5 Å². The molecule has 2 aliphatic rings. The van der Waals surface area contributed by atoms with Crippen LogP contribution in [0.15, 0.2) is 39.5 Å². The van der Waals surface area contributed by atoms with E-state index in [-0.39, 0.29) is 23.3 Å². The second-order valence-electron chi connectivity index (χ2n) is 10.2. The minimum atomic E-state index is -1.92. The fraction of sp³-hybridized carbons (Fsp3) is 0.444. The van der Waals surface area contributed by atoms with Crippen molar-refractivity contribution in [3.8, 4) is 40.1 Å². The minimum absolute atomic E-state index is 0.00681. The number of aliphatic hydroxyl groups is 5. The Balaban J connectivity index is 1.48. The standard InChI is InChI=1S/C27H30O15/c1-9-13(30)7-16(33)26(39-9)38-8-18-20(34)22(36)23(37)27(41-18)42-25-21(35)19-15(32)5-11(28)6-17(19)40-24(25)10-2-3-12(29)14(31)4-10/h2-6,9,13,16,18,20,22-23,26-34,36-37H,7-8H2,1H3/t9-,13+,16+,18+,20+,22-,23+,26+,27-/m0/s1. The first-order valence-corrected chi connectivity index (χ1v) is 12.9. The molecule has 15 nitrogen and oxygen atoms in total. The van der Waals surface area contributed by atoms with Crippen LogP contribution in [-0.2, 0) is 14.2 Å². The first-order chi connectivity index (χ1) is 19.8. The minimum Gasteiger partial charge on any atom is -0.508 e. The first kappa shape index (κ1) is 29.8. The predicted octanol–water partition coefficient (Wildman–Crippen LogP) is -0.658. The van der Waals surface area contributed by atoms with Crippen LogP contribution in [0.5, 0.6) is 28.7 Å². The summed E-state index contributed by atoms with van der Waals surface area (Å²) < 4.78 is 28.1. The number of phenolic OH excluding ortho intramolecular Hbond substituents is 4. The zero-order valence-corrected chi connectivity index (χ0v) is 22.0. The summed E-state index contributed by atoms with van der Waals surface area (Å²) in [5, 5.41) is 91.4. The van der Waals surface area contributed by atoms with Crippen LogP contribution in [0.2, 0.25) is 0 Å². The van der Waals surface area contributed by atoms with E-state index in [1.54, 1.807) is 6.92 Å². The molecule has 1 aromatic heterocycles. The molecule has 15 heteroatoms. The molecule has 228 valence electrons. The quantitative estimate of drug-likeness (QED) is 0.161. The van der Waals surface area contributed by atoms with Gasteiger partial charge in [0.05, 0.1) is 18.8 Å². The number of ether oxygens (including phenoxy) is 4. The summed E-state index contributed by atoms with van der Waals surface area (Å²) in [6, 6.07) is 5.33. The van der Waals surface area contributed by atoms with Gasteiger partial charge in [0.25, 0.3) is 0 Å². The van der Waals surface area contributed by atoms with Crippen molar-refractivity contribution < 1.29 is 69.3 Å². The summed E-state index contributed by atoms with van der Waals surface area (Å²) in [5.41, 5.74) is -1.27. The largest absolute Gasteiger partial charge is 0.508 e. The molecule has 3 heterocycles. The molecule has 3 aromatic rings. The highest BCUT2D eigenvalue weighted by atomic mass is 16.7. The Morgan fingerprint density at radius 2 is 1.57 bits per heavy atom. The van der Waals surface area contributed by atoms with Crippen molar-refractivity contribution in [3.63, 3.8) is 0 Å². The normalized spacial score (nSPS) is 31.7. The van der Waals surface area contributed by atoms with Gasteiger partial charge < -0.3 is 69.3 Å². The lowest BCUT2D eigenvalue weighted by atomic mass is 9.99. The van der Waals surface area contributed by atoms with Crippen LogP contribution in [0.3, 0.4) is 0 Å². The highest BCUT2D eigenvalue weighted by Gasteiger charge is 2.46. The van der Waals surface area contributed by atoms with Crippen molar-refractivity contribution in [1.82, 2.24) is 0 Å². The molecule has 0 bridgehead atoms. The maximum Gasteiger partial charge on any atom is 0.239 e. The average Bonchev–Trinajstić information content (AvgIpc) is 2.93. The smallest absolute Gasteiger partial charge is 0.239 e. The number of benzene rings is 2. The van der Waals surface area contributed by atoms with Gasteiger partial charge in [0.15, 0.2) is 23.5 Å². The molecule has 2 aromatic carbocycles. The van der Waals surface area contributed by atoms with Gasteiger partial charge in [0.1, 0.15) is 53.0 Å². The van der Waals surface area contributed by atoms with Gasteiger partial charge >= 0.3 is 0 Å². The highest BCUT2D eigenvalue weighted by molar-refractivity contribution is 5.88. The van der Waals surface area contributed by atoms with Gasteiger partial charge in [-0.25, -0.2) is 0 Å². The van der Waals surface area contributed by atoms with E-state index in [9.17, 15) is 50.8 Å². The van der Waals surface area contributed by atoms with Crippen molar-refractivity contribution in [3.05, 3.63) is 40.6 Å². The summed E-state index contributed by atoms with van der Waals surface area (Å²) in [7, 11) is 0. The van der Waals surface area contributed by atoms with E-state index in [1.807, 2.05) is 0 Å². The molecule has 2 saturated heterocycles. The second-order valence-corrected chi connectivity index (χ2v) is 10.2. The third-order valence-corrected chi connectivity index (χ3v) is 7.17. The van der Waals surface area contributed by atoms with Crippen molar-refractivity contribution in [2.75, 3.05) is 6.61 Å². The average molecular weight is 595 g/mol. The number of phenols is 4.